The highest BCUT2D eigenvalue weighted by Gasteiger charge is 2.36. The Hall–Kier alpha value is -1.34. The van der Waals surface area contributed by atoms with Gasteiger partial charge in [0.15, 0.2) is 6.04 Å². The van der Waals surface area contributed by atoms with Crippen molar-refractivity contribution in [3.8, 4) is 0 Å². The lowest BCUT2D eigenvalue weighted by Gasteiger charge is -2.47. The van der Waals surface area contributed by atoms with E-state index >= 15 is 0 Å². The van der Waals surface area contributed by atoms with E-state index in [9.17, 15) is 14.7 Å². The van der Waals surface area contributed by atoms with Gasteiger partial charge in [0.1, 0.15) is 0 Å². The number of piperidine rings is 2. The number of fused-ring (bicyclic) bond motifs is 2. The maximum atomic E-state index is 11.9. The molecule has 0 aromatic carbocycles. The van der Waals surface area contributed by atoms with Crippen LogP contribution in [-0.4, -0.2) is 64.4 Å². The Balaban J connectivity index is 1.87. The smallest absolute Gasteiger partial charge is 0.328 e. The molecule has 0 aromatic heterocycles. The Labute approximate surface area is 124 Å². The van der Waals surface area contributed by atoms with Crippen molar-refractivity contribution in [1.29, 1.82) is 0 Å². The fourth-order valence-corrected chi connectivity index (χ4v) is 3.49. The number of aliphatic hydroxyl groups is 1. The van der Waals surface area contributed by atoms with Crippen LogP contribution in [0.25, 0.3) is 0 Å². The molecular formula is C14H25N3O4. The number of hydrogen-bond acceptors (Lipinski definition) is 4. The molecule has 4 N–H and O–H groups in total. The van der Waals surface area contributed by atoms with Crippen LogP contribution in [-0.2, 0) is 4.79 Å². The highest BCUT2D eigenvalue weighted by molar-refractivity contribution is 5.83. The van der Waals surface area contributed by atoms with Gasteiger partial charge in [-0.2, -0.15) is 0 Å². The van der Waals surface area contributed by atoms with Crippen LogP contribution in [0.4, 0.5) is 4.79 Å². The highest BCUT2D eigenvalue weighted by atomic mass is 16.4. The zero-order valence-electron chi connectivity index (χ0n) is 12.6. The third kappa shape index (κ3) is 3.85. The Kier molecular flexibility index (Phi) is 5.05. The van der Waals surface area contributed by atoms with Crippen molar-refractivity contribution < 1.29 is 19.8 Å². The summed E-state index contributed by atoms with van der Waals surface area (Å²) in [6.45, 7) is 1.35. The largest absolute Gasteiger partial charge is 0.480 e. The third-order valence-electron chi connectivity index (χ3n) is 4.71. The Bertz CT molecular complexity index is 388. The van der Waals surface area contributed by atoms with Gasteiger partial charge < -0.3 is 25.7 Å². The molecule has 4 unspecified atom stereocenters. The first-order valence-corrected chi connectivity index (χ1v) is 7.58. The summed E-state index contributed by atoms with van der Waals surface area (Å²) in [5.41, 5.74) is 0. The van der Waals surface area contributed by atoms with Crippen molar-refractivity contribution in [3.05, 3.63) is 0 Å². The topological polar surface area (TPSA) is 102 Å². The molecule has 0 aromatic rings. The number of aliphatic carboxylic acids is 1. The Morgan fingerprint density at radius 3 is 2.29 bits per heavy atom. The van der Waals surface area contributed by atoms with Crippen molar-refractivity contribution >= 4 is 12.0 Å². The second-order valence-corrected chi connectivity index (χ2v) is 6.25. The summed E-state index contributed by atoms with van der Waals surface area (Å²) in [6.07, 6.45) is 4.20. The lowest BCUT2D eigenvalue weighted by molar-refractivity contribution is -0.141. The van der Waals surface area contributed by atoms with Crippen LogP contribution < -0.4 is 10.6 Å². The number of rotatable bonds is 4. The average molecular weight is 299 g/mol. The van der Waals surface area contributed by atoms with Gasteiger partial charge in [-0.1, -0.05) is 6.42 Å². The van der Waals surface area contributed by atoms with Crippen molar-refractivity contribution in [2.24, 2.45) is 0 Å². The fraction of sp³-hybridized carbons (Fsp3) is 0.857. The lowest BCUT2D eigenvalue weighted by Crippen LogP contribution is -2.58. The summed E-state index contributed by atoms with van der Waals surface area (Å²) in [5, 5.41) is 23.5. The first-order chi connectivity index (χ1) is 9.88. The Morgan fingerprint density at radius 2 is 1.81 bits per heavy atom. The maximum Gasteiger partial charge on any atom is 0.328 e. The van der Waals surface area contributed by atoms with Gasteiger partial charge in [0.25, 0.3) is 0 Å². The van der Waals surface area contributed by atoms with Crippen LogP contribution in [0.15, 0.2) is 0 Å². The number of nitrogens with zero attached hydrogens (tertiary/aromatic N) is 1. The van der Waals surface area contributed by atoms with Crippen LogP contribution in [0, 0.1) is 0 Å². The molecule has 4 atom stereocenters. The SMILES string of the molecule is CC(O)C(NC(=O)NC1CC2CCCC(C1)N2C)C(=O)O. The minimum absolute atomic E-state index is 0.0694. The normalized spacial score (nSPS) is 32.0. The van der Waals surface area contributed by atoms with E-state index in [-0.39, 0.29) is 6.04 Å². The van der Waals surface area contributed by atoms with Gasteiger partial charge >= 0.3 is 12.0 Å². The number of urea groups is 1. The maximum absolute atomic E-state index is 11.9. The number of carboxylic acids is 1. The molecule has 2 heterocycles. The number of hydrogen-bond donors (Lipinski definition) is 4. The molecule has 7 heteroatoms. The molecule has 0 saturated carbocycles. The molecule has 2 rings (SSSR count). The number of carbonyl (C=O) groups is 2. The van der Waals surface area contributed by atoms with E-state index < -0.39 is 24.1 Å². The van der Waals surface area contributed by atoms with E-state index in [0.717, 1.165) is 25.7 Å². The molecule has 0 spiro atoms. The second-order valence-electron chi connectivity index (χ2n) is 6.25. The lowest BCUT2D eigenvalue weighted by atomic mass is 9.82. The van der Waals surface area contributed by atoms with Gasteiger partial charge in [-0.15, -0.1) is 0 Å². The van der Waals surface area contributed by atoms with Crippen molar-refractivity contribution in [1.82, 2.24) is 15.5 Å². The number of aliphatic hydroxyl groups excluding tert-OH is 1. The quantitative estimate of drug-likeness (QED) is 0.591. The monoisotopic (exact) mass is 299 g/mol. The van der Waals surface area contributed by atoms with Crippen molar-refractivity contribution in [3.63, 3.8) is 0 Å². The third-order valence-corrected chi connectivity index (χ3v) is 4.71. The number of carbonyl (C=O) groups excluding carboxylic acids is 1. The fourth-order valence-electron chi connectivity index (χ4n) is 3.49. The minimum atomic E-state index is -1.28. The van der Waals surface area contributed by atoms with Crippen LogP contribution in [0.1, 0.15) is 39.0 Å². The van der Waals surface area contributed by atoms with Crippen LogP contribution in [0.5, 0.6) is 0 Å². The molecule has 2 amide bonds. The number of carboxylic acid groups (broad SMARTS) is 1. The summed E-state index contributed by atoms with van der Waals surface area (Å²) in [5.74, 6) is -1.24. The molecule has 2 fully saturated rings. The van der Waals surface area contributed by atoms with Crippen LogP contribution in [0.2, 0.25) is 0 Å². The standard InChI is InChI=1S/C14H25N3O4/c1-8(18)12(13(19)20)16-14(21)15-9-6-10-4-3-5-11(7-9)17(10)2/h8-12,18H,3-7H2,1-2H3,(H,19,20)(H2,15,16,21). The molecule has 0 aliphatic carbocycles. The minimum Gasteiger partial charge on any atom is -0.480 e. The van der Waals surface area contributed by atoms with Gasteiger partial charge in [-0.25, -0.2) is 9.59 Å². The van der Waals surface area contributed by atoms with E-state index in [4.69, 9.17) is 5.11 Å². The molecule has 21 heavy (non-hydrogen) atoms. The molecule has 2 aliphatic rings. The van der Waals surface area contributed by atoms with E-state index in [1.54, 1.807) is 0 Å². The van der Waals surface area contributed by atoms with Gasteiger partial charge in [0.2, 0.25) is 0 Å². The molecule has 7 nitrogen and oxygen atoms in total. The molecule has 2 saturated heterocycles. The van der Waals surface area contributed by atoms with Gasteiger partial charge in [-0.05, 0) is 39.7 Å². The highest BCUT2D eigenvalue weighted by Crippen LogP contribution is 2.32. The number of nitrogens with one attached hydrogen (secondary N) is 2. The average Bonchev–Trinajstić information content (AvgIpc) is 2.36. The van der Waals surface area contributed by atoms with E-state index in [1.165, 1.54) is 13.3 Å². The summed E-state index contributed by atoms with van der Waals surface area (Å²) >= 11 is 0. The van der Waals surface area contributed by atoms with Crippen LogP contribution >= 0.6 is 0 Å². The summed E-state index contributed by atoms with van der Waals surface area (Å²) < 4.78 is 0. The molecular weight excluding hydrogens is 274 g/mol. The molecule has 120 valence electrons. The predicted molar refractivity (Wildman–Crippen MR) is 77.0 cm³/mol. The van der Waals surface area contributed by atoms with E-state index in [2.05, 4.69) is 22.6 Å². The molecule has 0 radical (unpaired) electrons. The van der Waals surface area contributed by atoms with Gasteiger partial charge in [0, 0.05) is 18.1 Å². The summed E-state index contributed by atoms with van der Waals surface area (Å²) in [6, 6.07) is -0.740. The summed E-state index contributed by atoms with van der Waals surface area (Å²) in [4.78, 5) is 25.3. The predicted octanol–water partition coefficient (Wildman–Crippen LogP) is 0.135. The Morgan fingerprint density at radius 1 is 1.24 bits per heavy atom. The molecule has 2 bridgehead atoms. The molecule has 2 aliphatic heterocycles. The van der Waals surface area contributed by atoms with E-state index in [0.29, 0.717) is 12.1 Å². The van der Waals surface area contributed by atoms with Crippen molar-refractivity contribution in [2.45, 2.75) is 69.3 Å². The first kappa shape index (κ1) is 16.0. The van der Waals surface area contributed by atoms with Gasteiger partial charge in [-0.3, -0.25) is 0 Å². The van der Waals surface area contributed by atoms with E-state index in [1.807, 2.05) is 0 Å². The first-order valence-electron chi connectivity index (χ1n) is 7.58. The van der Waals surface area contributed by atoms with Gasteiger partial charge in [0.05, 0.1) is 6.10 Å². The second kappa shape index (κ2) is 6.62. The van der Waals surface area contributed by atoms with Crippen molar-refractivity contribution in [2.75, 3.05) is 7.05 Å². The zero-order valence-corrected chi connectivity index (χ0v) is 12.6. The summed E-state index contributed by atoms with van der Waals surface area (Å²) in [7, 11) is 2.14. The van der Waals surface area contributed by atoms with Crippen LogP contribution in [0.3, 0.4) is 0 Å². The zero-order chi connectivity index (χ0) is 15.6. The number of amides is 2.